The van der Waals surface area contributed by atoms with Crippen LogP contribution in [-0.2, 0) is 14.3 Å². The fourth-order valence-electron chi connectivity index (χ4n) is 5.24. The summed E-state index contributed by atoms with van der Waals surface area (Å²) < 4.78 is 32.5. The summed E-state index contributed by atoms with van der Waals surface area (Å²) in [7, 11) is 6.92. The van der Waals surface area contributed by atoms with Crippen molar-refractivity contribution in [2.24, 2.45) is 5.92 Å². The first-order valence-corrected chi connectivity index (χ1v) is 12.4. The van der Waals surface area contributed by atoms with E-state index in [1.54, 1.807) is 25.1 Å². The van der Waals surface area contributed by atoms with Gasteiger partial charge in [0.05, 0.1) is 42.0 Å². The first-order chi connectivity index (χ1) is 18.6. The average molecular weight is 561 g/mol. The number of fused-ring (bicyclic) bond motifs is 1. The molecular formula is C28H29ClO10. The van der Waals surface area contributed by atoms with Crippen LogP contribution >= 0.6 is 11.6 Å². The molecule has 1 heterocycles. The fourth-order valence-corrected chi connectivity index (χ4v) is 5.51. The normalized spacial score (nSPS) is 20.8. The molecule has 3 unspecified atom stereocenters. The van der Waals surface area contributed by atoms with E-state index < -0.39 is 40.7 Å². The molecule has 2 aromatic carbocycles. The molecule has 0 bridgehead atoms. The number of aliphatic hydroxyl groups is 1. The lowest BCUT2D eigenvalue weighted by Gasteiger charge is -2.38. The number of Topliss-reactive ketones (excluding diaryl/α,β-unsaturated/α-hetero) is 2. The largest absolute Gasteiger partial charge is 0.507 e. The highest BCUT2D eigenvalue weighted by atomic mass is 35.5. The molecule has 0 fully saturated rings. The third-order valence-corrected chi connectivity index (χ3v) is 7.63. The van der Waals surface area contributed by atoms with Gasteiger partial charge in [0.2, 0.25) is 11.4 Å². The highest BCUT2D eigenvalue weighted by Crippen LogP contribution is 2.56. The Hall–Kier alpha value is -3.92. The minimum Gasteiger partial charge on any atom is -0.507 e. The summed E-state index contributed by atoms with van der Waals surface area (Å²) in [5.74, 6) is -3.01. The van der Waals surface area contributed by atoms with E-state index in [0.717, 1.165) is 0 Å². The van der Waals surface area contributed by atoms with E-state index in [1.165, 1.54) is 41.6 Å². The second-order valence-electron chi connectivity index (χ2n) is 9.20. The lowest BCUT2D eigenvalue weighted by Crippen LogP contribution is -2.53. The van der Waals surface area contributed by atoms with Gasteiger partial charge in [-0.3, -0.25) is 14.4 Å². The number of esters is 1. The third-order valence-electron chi connectivity index (χ3n) is 7.27. The molecule has 1 aliphatic carbocycles. The maximum Gasteiger partial charge on any atom is 0.306 e. The quantitative estimate of drug-likeness (QED) is 0.462. The van der Waals surface area contributed by atoms with Gasteiger partial charge in [0, 0.05) is 29.9 Å². The summed E-state index contributed by atoms with van der Waals surface area (Å²) in [6.07, 6.45) is -0.457. The molecule has 10 nitrogen and oxygen atoms in total. The minimum absolute atomic E-state index is 0.0166. The van der Waals surface area contributed by atoms with Crippen LogP contribution in [-0.4, -0.2) is 63.8 Å². The van der Waals surface area contributed by atoms with Crippen LogP contribution < -0.4 is 23.7 Å². The molecule has 2 aromatic rings. The maximum absolute atomic E-state index is 14.1. The van der Waals surface area contributed by atoms with Crippen LogP contribution in [0.1, 0.15) is 41.6 Å². The standard InChI is InChI=1S/C28H29ClO10/c1-13-9-16(30)22(15(11-21(31)38-6)14-7-8-17(34-2)18(10-14)35-3)26(32)28(13)27(33)23-19(36-4)12-20(37-5)24(29)25(23)39-28/h7-8,10,12-13,15,32H,9,11H2,1-6H3. The number of allylic oxidation sites excluding steroid dienone is 1. The average Bonchev–Trinajstić information content (AvgIpc) is 3.25. The van der Waals surface area contributed by atoms with Crippen molar-refractivity contribution in [3.63, 3.8) is 0 Å². The maximum atomic E-state index is 14.1. The monoisotopic (exact) mass is 560 g/mol. The number of ketones is 2. The number of carbonyl (C=O) groups excluding carboxylic acids is 3. The Kier molecular flexibility index (Phi) is 7.70. The Balaban J connectivity index is 1.96. The Morgan fingerprint density at radius 1 is 1.03 bits per heavy atom. The number of ether oxygens (including phenoxy) is 6. The van der Waals surface area contributed by atoms with Crippen LogP contribution in [0, 0.1) is 5.92 Å². The van der Waals surface area contributed by atoms with E-state index in [-0.39, 0.29) is 46.2 Å². The first-order valence-electron chi connectivity index (χ1n) is 12.0. The van der Waals surface area contributed by atoms with Crippen LogP contribution in [0.5, 0.6) is 28.7 Å². The minimum atomic E-state index is -1.99. The number of rotatable bonds is 8. The summed E-state index contributed by atoms with van der Waals surface area (Å²) in [5, 5.41) is 11.8. The topological polar surface area (TPSA) is 127 Å². The molecular weight excluding hydrogens is 532 g/mol. The molecule has 1 N–H and O–H groups in total. The molecule has 1 aliphatic heterocycles. The Bertz CT molecular complexity index is 1380. The molecule has 208 valence electrons. The molecule has 0 radical (unpaired) electrons. The molecule has 4 rings (SSSR count). The highest BCUT2D eigenvalue weighted by molar-refractivity contribution is 6.35. The van der Waals surface area contributed by atoms with Gasteiger partial charge in [-0.15, -0.1) is 0 Å². The predicted molar refractivity (Wildman–Crippen MR) is 140 cm³/mol. The molecule has 11 heteroatoms. The summed E-state index contributed by atoms with van der Waals surface area (Å²) in [6.45, 7) is 1.62. The SMILES string of the molecule is COC(=O)CC(C1=C(O)C2(Oc3c(Cl)c(OC)cc(OC)c3C2=O)C(C)CC1=O)c1ccc(OC)c(OC)c1. The molecule has 0 aromatic heterocycles. The number of aliphatic hydroxyl groups excluding tert-OH is 1. The number of hydrogen-bond donors (Lipinski definition) is 1. The van der Waals surface area contributed by atoms with Gasteiger partial charge in [0.1, 0.15) is 22.1 Å². The van der Waals surface area contributed by atoms with Crippen molar-refractivity contribution in [3.05, 3.63) is 51.7 Å². The van der Waals surface area contributed by atoms with Crippen molar-refractivity contribution >= 4 is 29.1 Å². The van der Waals surface area contributed by atoms with Gasteiger partial charge >= 0.3 is 5.97 Å². The van der Waals surface area contributed by atoms with E-state index >= 15 is 0 Å². The van der Waals surface area contributed by atoms with E-state index in [0.29, 0.717) is 17.1 Å². The Labute approximate surface area is 230 Å². The van der Waals surface area contributed by atoms with Crippen molar-refractivity contribution in [3.8, 4) is 28.7 Å². The van der Waals surface area contributed by atoms with Gasteiger partial charge in [-0.05, 0) is 17.7 Å². The zero-order valence-corrected chi connectivity index (χ0v) is 23.1. The number of carbonyl (C=O) groups is 3. The molecule has 0 saturated carbocycles. The van der Waals surface area contributed by atoms with Crippen LogP contribution in [0.25, 0.3) is 0 Å². The van der Waals surface area contributed by atoms with Crippen molar-refractivity contribution in [2.45, 2.75) is 31.3 Å². The van der Waals surface area contributed by atoms with E-state index in [2.05, 4.69) is 0 Å². The van der Waals surface area contributed by atoms with E-state index in [1.807, 2.05) is 0 Å². The number of methoxy groups -OCH3 is 5. The fraction of sp³-hybridized carbons (Fsp3) is 0.393. The summed E-state index contributed by atoms with van der Waals surface area (Å²) in [4.78, 5) is 40.1. The van der Waals surface area contributed by atoms with Gasteiger partial charge in [-0.25, -0.2) is 0 Å². The zero-order valence-electron chi connectivity index (χ0n) is 22.4. The Morgan fingerprint density at radius 2 is 1.67 bits per heavy atom. The summed E-state index contributed by atoms with van der Waals surface area (Å²) >= 11 is 6.51. The summed E-state index contributed by atoms with van der Waals surface area (Å²) in [5.41, 5.74) is -1.65. The van der Waals surface area contributed by atoms with Crippen LogP contribution in [0.2, 0.25) is 5.02 Å². The zero-order chi connectivity index (χ0) is 28.6. The predicted octanol–water partition coefficient (Wildman–Crippen LogP) is 4.46. The van der Waals surface area contributed by atoms with Crippen LogP contribution in [0.4, 0.5) is 0 Å². The molecule has 3 atom stereocenters. The Morgan fingerprint density at radius 3 is 2.26 bits per heavy atom. The number of hydrogen-bond acceptors (Lipinski definition) is 10. The van der Waals surface area contributed by atoms with Gasteiger partial charge in [0.25, 0.3) is 0 Å². The van der Waals surface area contributed by atoms with E-state index in [9.17, 15) is 19.5 Å². The molecule has 2 aliphatic rings. The number of halogens is 1. The lowest BCUT2D eigenvalue weighted by atomic mass is 9.69. The second kappa shape index (κ2) is 10.7. The lowest BCUT2D eigenvalue weighted by molar-refractivity contribution is -0.140. The van der Waals surface area contributed by atoms with Crippen molar-refractivity contribution in [1.82, 2.24) is 0 Å². The van der Waals surface area contributed by atoms with Gasteiger partial charge in [-0.1, -0.05) is 24.6 Å². The molecule has 0 saturated heterocycles. The van der Waals surface area contributed by atoms with Crippen molar-refractivity contribution in [2.75, 3.05) is 35.5 Å². The van der Waals surface area contributed by atoms with E-state index in [4.69, 9.17) is 40.0 Å². The number of benzene rings is 2. The smallest absolute Gasteiger partial charge is 0.306 e. The molecule has 0 amide bonds. The summed E-state index contributed by atoms with van der Waals surface area (Å²) in [6, 6.07) is 6.31. The second-order valence-corrected chi connectivity index (χ2v) is 9.58. The molecule has 39 heavy (non-hydrogen) atoms. The van der Waals surface area contributed by atoms with Gasteiger partial charge in [-0.2, -0.15) is 0 Å². The highest BCUT2D eigenvalue weighted by Gasteiger charge is 2.61. The molecule has 1 spiro atoms. The van der Waals surface area contributed by atoms with Crippen LogP contribution in [0.15, 0.2) is 35.6 Å². The first kappa shape index (κ1) is 28.1. The van der Waals surface area contributed by atoms with Crippen molar-refractivity contribution < 1.29 is 47.9 Å². The van der Waals surface area contributed by atoms with Crippen molar-refractivity contribution in [1.29, 1.82) is 0 Å². The van der Waals surface area contributed by atoms with Crippen LogP contribution in [0.3, 0.4) is 0 Å². The van der Waals surface area contributed by atoms with Gasteiger partial charge in [0.15, 0.2) is 28.8 Å². The van der Waals surface area contributed by atoms with Gasteiger partial charge < -0.3 is 33.5 Å². The third kappa shape index (κ3) is 4.32.